The summed E-state index contributed by atoms with van der Waals surface area (Å²) in [5.74, 6) is -2.10. The first-order valence-electron chi connectivity index (χ1n) is 7.16. The molecule has 0 aromatic heterocycles. The summed E-state index contributed by atoms with van der Waals surface area (Å²) in [5.41, 5.74) is 1.56. The minimum absolute atomic E-state index is 0.562. The Balaban J connectivity index is 1.96. The van der Waals surface area contributed by atoms with Gasteiger partial charge in [-0.05, 0) is 30.9 Å². The van der Waals surface area contributed by atoms with Crippen LogP contribution in [0.3, 0.4) is 0 Å². The number of barbiturate groups is 1. The monoisotopic (exact) mass is 287 g/mol. The van der Waals surface area contributed by atoms with Crippen molar-refractivity contribution in [2.75, 3.05) is 18.0 Å². The lowest BCUT2D eigenvalue weighted by Crippen LogP contribution is -2.54. The summed E-state index contributed by atoms with van der Waals surface area (Å²) in [6, 6.07) is 6.66. The molecular weight excluding hydrogens is 270 g/mol. The van der Waals surface area contributed by atoms with E-state index in [0.29, 0.717) is 5.56 Å². The number of rotatable bonds is 2. The molecule has 4 amide bonds. The van der Waals surface area contributed by atoms with Crippen LogP contribution in [-0.4, -0.2) is 30.9 Å². The van der Waals surface area contributed by atoms with Crippen molar-refractivity contribution in [1.82, 2.24) is 10.6 Å². The topological polar surface area (TPSA) is 78.5 Å². The highest BCUT2D eigenvalue weighted by atomic mass is 16.2. The minimum atomic E-state index is -0.971. The van der Waals surface area contributed by atoms with Crippen LogP contribution in [0, 0.1) is 0 Å². The second-order valence-electron chi connectivity index (χ2n) is 5.35. The minimum Gasteiger partial charge on any atom is -0.371 e. The molecule has 2 fully saturated rings. The number of hydrogen-bond donors (Lipinski definition) is 2. The smallest absolute Gasteiger partial charge is 0.328 e. The van der Waals surface area contributed by atoms with E-state index in [0.717, 1.165) is 31.6 Å². The molecule has 0 atom stereocenters. The molecule has 0 saturated carbocycles. The first kappa shape index (κ1) is 13.6. The van der Waals surface area contributed by atoms with Gasteiger partial charge in [0.25, 0.3) is 0 Å². The van der Waals surface area contributed by atoms with E-state index in [-0.39, 0.29) is 0 Å². The second kappa shape index (κ2) is 5.55. The number of piperidine rings is 1. The molecule has 2 heterocycles. The quantitative estimate of drug-likeness (QED) is 0.799. The maximum absolute atomic E-state index is 12.0. The van der Waals surface area contributed by atoms with Gasteiger partial charge in [0.05, 0.1) is 0 Å². The molecule has 0 unspecified atom stereocenters. The Bertz CT molecular complexity index is 574. The van der Waals surface area contributed by atoms with Gasteiger partial charge in [-0.25, -0.2) is 4.79 Å². The summed E-state index contributed by atoms with van der Waals surface area (Å²) in [6.45, 7) is 1.85. The zero-order valence-electron chi connectivity index (χ0n) is 11.6. The summed E-state index contributed by atoms with van der Waals surface area (Å²) in [4.78, 5) is 37.5. The molecule has 2 N–H and O–H groups in total. The Morgan fingerprint density at radius 3 is 2.19 bits per heavy atom. The number of nitrogens with zero attached hydrogens (tertiary/aromatic N) is 1. The van der Waals surface area contributed by atoms with Gasteiger partial charge in [0, 0.05) is 18.8 Å². The average Bonchev–Trinajstić information content (AvgIpc) is 2.48. The maximum Gasteiger partial charge on any atom is 0.328 e. The van der Waals surface area contributed by atoms with E-state index < -0.39 is 23.8 Å². The summed E-state index contributed by atoms with van der Waals surface area (Å²) < 4.78 is 0. The van der Waals surface area contributed by atoms with E-state index in [1.165, 1.54) is 6.42 Å². The largest absolute Gasteiger partial charge is 0.371 e. The molecule has 2 aliphatic rings. The Kier molecular flexibility index (Phi) is 3.60. The van der Waals surface area contributed by atoms with E-state index in [4.69, 9.17) is 0 Å². The third-order valence-electron chi connectivity index (χ3n) is 3.94. The lowest BCUT2D eigenvalue weighted by molar-refractivity contribution is -0.132. The Morgan fingerprint density at radius 2 is 1.52 bits per heavy atom. The second-order valence-corrected chi connectivity index (χ2v) is 5.35. The summed E-state index contributed by atoms with van der Waals surface area (Å²) in [5, 5.41) is 4.32. The summed E-state index contributed by atoms with van der Waals surface area (Å²) in [7, 11) is 0. The number of imide groups is 2. The Morgan fingerprint density at radius 1 is 0.905 bits per heavy atom. The number of carbonyl (C=O) groups is 3. The van der Waals surface area contributed by atoms with E-state index in [2.05, 4.69) is 15.5 Å². The molecular formula is C15H17N3O3. The predicted octanol–water partition coefficient (Wildman–Crippen LogP) is 1.13. The first-order valence-corrected chi connectivity index (χ1v) is 7.16. The normalized spacial score (nSPS) is 20.2. The third-order valence-corrected chi connectivity index (χ3v) is 3.94. The van der Waals surface area contributed by atoms with Crippen molar-refractivity contribution in [3.63, 3.8) is 0 Å². The molecule has 2 saturated heterocycles. The van der Waals surface area contributed by atoms with Gasteiger partial charge in [-0.3, -0.25) is 20.2 Å². The van der Waals surface area contributed by atoms with E-state index in [1.54, 1.807) is 12.1 Å². The Hall–Kier alpha value is -2.37. The number of anilines is 1. The van der Waals surface area contributed by atoms with Crippen LogP contribution >= 0.6 is 0 Å². The molecule has 1 aromatic carbocycles. The van der Waals surface area contributed by atoms with Crippen LogP contribution in [-0.2, 0) is 9.59 Å². The standard InChI is InChI=1S/C15H17N3O3/c19-13-12(14(20)17-15(21)16-13)10-6-2-3-7-11(10)18-8-4-1-5-9-18/h2-3,6-7,12H,1,4-5,8-9H2,(H2,16,17,19,20,21). The SMILES string of the molecule is O=C1NC(=O)C(c2ccccc2N2CCCCC2)C(=O)N1. The van der Waals surface area contributed by atoms with Crippen molar-refractivity contribution in [3.05, 3.63) is 29.8 Å². The number of carbonyl (C=O) groups excluding carboxylic acids is 3. The highest BCUT2D eigenvalue weighted by Gasteiger charge is 2.37. The fraction of sp³-hybridized carbons (Fsp3) is 0.400. The van der Waals surface area contributed by atoms with Crippen molar-refractivity contribution in [2.45, 2.75) is 25.2 Å². The molecule has 6 heteroatoms. The zero-order valence-corrected chi connectivity index (χ0v) is 11.6. The maximum atomic E-state index is 12.0. The van der Waals surface area contributed by atoms with Gasteiger partial charge in [0.15, 0.2) is 0 Å². The van der Waals surface area contributed by atoms with Crippen LogP contribution in [0.1, 0.15) is 30.7 Å². The first-order chi connectivity index (χ1) is 10.2. The van der Waals surface area contributed by atoms with Crippen LogP contribution in [0.25, 0.3) is 0 Å². The Labute approximate surface area is 122 Å². The number of hydrogen-bond acceptors (Lipinski definition) is 4. The van der Waals surface area contributed by atoms with E-state index in [9.17, 15) is 14.4 Å². The highest BCUT2D eigenvalue weighted by Crippen LogP contribution is 2.31. The number of nitrogens with one attached hydrogen (secondary N) is 2. The van der Waals surface area contributed by atoms with Crippen molar-refractivity contribution in [2.24, 2.45) is 0 Å². The molecule has 110 valence electrons. The van der Waals surface area contributed by atoms with Gasteiger partial charge in [0.2, 0.25) is 11.8 Å². The molecule has 0 spiro atoms. The van der Waals surface area contributed by atoms with Gasteiger partial charge in [-0.15, -0.1) is 0 Å². The van der Waals surface area contributed by atoms with Crippen LogP contribution < -0.4 is 15.5 Å². The summed E-state index contributed by atoms with van der Waals surface area (Å²) in [6.07, 6.45) is 3.42. The van der Waals surface area contributed by atoms with Crippen LogP contribution in [0.2, 0.25) is 0 Å². The lowest BCUT2D eigenvalue weighted by atomic mass is 9.93. The van der Waals surface area contributed by atoms with Crippen LogP contribution in [0.4, 0.5) is 10.5 Å². The van der Waals surface area contributed by atoms with Crippen LogP contribution in [0.5, 0.6) is 0 Å². The highest BCUT2D eigenvalue weighted by molar-refractivity contribution is 6.19. The van der Waals surface area contributed by atoms with Gasteiger partial charge in [-0.2, -0.15) is 0 Å². The summed E-state index contributed by atoms with van der Waals surface area (Å²) >= 11 is 0. The average molecular weight is 287 g/mol. The van der Waals surface area contributed by atoms with Crippen molar-refractivity contribution >= 4 is 23.5 Å². The molecule has 0 aliphatic carbocycles. The molecule has 21 heavy (non-hydrogen) atoms. The number of urea groups is 1. The van der Waals surface area contributed by atoms with E-state index >= 15 is 0 Å². The lowest BCUT2D eigenvalue weighted by Gasteiger charge is -2.32. The fourth-order valence-corrected chi connectivity index (χ4v) is 2.96. The van der Waals surface area contributed by atoms with Gasteiger partial charge in [0.1, 0.15) is 5.92 Å². The van der Waals surface area contributed by atoms with Crippen molar-refractivity contribution in [1.29, 1.82) is 0 Å². The van der Waals surface area contributed by atoms with Crippen molar-refractivity contribution in [3.8, 4) is 0 Å². The third kappa shape index (κ3) is 2.61. The number of amides is 4. The molecule has 0 bridgehead atoms. The van der Waals surface area contributed by atoms with E-state index in [1.807, 2.05) is 12.1 Å². The number of benzene rings is 1. The molecule has 2 aliphatic heterocycles. The van der Waals surface area contributed by atoms with Crippen LogP contribution in [0.15, 0.2) is 24.3 Å². The molecule has 1 aromatic rings. The number of para-hydroxylation sites is 1. The molecule has 3 rings (SSSR count). The molecule has 0 radical (unpaired) electrons. The fourth-order valence-electron chi connectivity index (χ4n) is 2.96. The van der Waals surface area contributed by atoms with Crippen molar-refractivity contribution < 1.29 is 14.4 Å². The van der Waals surface area contributed by atoms with Gasteiger partial charge >= 0.3 is 6.03 Å². The molecule has 6 nitrogen and oxygen atoms in total. The van der Waals surface area contributed by atoms with Gasteiger partial charge < -0.3 is 4.90 Å². The zero-order chi connectivity index (χ0) is 14.8. The van der Waals surface area contributed by atoms with Gasteiger partial charge in [-0.1, -0.05) is 18.2 Å². The predicted molar refractivity (Wildman–Crippen MR) is 76.9 cm³/mol.